The topological polar surface area (TPSA) is 97.1 Å². The number of rotatable bonds is 6. The summed E-state index contributed by atoms with van der Waals surface area (Å²) in [4.78, 5) is 12.3. The number of fused-ring (bicyclic) bond motifs is 1. The smallest absolute Gasteiger partial charge is 0.423 e. The van der Waals surface area contributed by atoms with Crippen molar-refractivity contribution in [3.8, 4) is 11.1 Å². The molecule has 0 atom stereocenters. The Morgan fingerprint density at radius 2 is 2.17 bits per heavy atom. The van der Waals surface area contributed by atoms with Crippen molar-refractivity contribution in [3.63, 3.8) is 0 Å². The van der Waals surface area contributed by atoms with E-state index in [1.807, 2.05) is 19.9 Å². The Morgan fingerprint density at radius 1 is 1.33 bits per heavy atom. The Morgan fingerprint density at radius 3 is 2.93 bits per heavy atom. The van der Waals surface area contributed by atoms with Crippen molar-refractivity contribution in [3.05, 3.63) is 57.0 Å². The highest BCUT2D eigenvalue weighted by Crippen LogP contribution is 2.40. The molecule has 0 amide bonds. The lowest BCUT2D eigenvalue weighted by molar-refractivity contribution is 0.248. The summed E-state index contributed by atoms with van der Waals surface area (Å²) in [5, 5.41) is 14.6. The summed E-state index contributed by atoms with van der Waals surface area (Å²) in [6.07, 6.45) is 5.70. The maximum Gasteiger partial charge on any atom is 0.493 e. The SMILES string of the molecule is Cc1ccncc1B(O)OCc1noc(C)c1-c1cc(I)c2nc(C3CC3)[nH]c2c1. The van der Waals surface area contributed by atoms with Crippen LogP contribution in [-0.4, -0.2) is 32.3 Å². The zero-order chi connectivity index (χ0) is 20.8. The monoisotopic (exact) mass is 514 g/mol. The predicted molar refractivity (Wildman–Crippen MR) is 122 cm³/mol. The number of benzene rings is 1. The van der Waals surface area contributed by atoms with Crippen molar-refractivity contribution in [2.75, 3.05) is 0 Å². The third kappa shape index (κ3) is 3.65. The van der Waals surface area contributed by atoms with Gasteiger partial charge in [0.05, 0.1) is 12.1 Å². The van der Waals surface area contributed by atoms with Gasteiger partial charge in [0.25, 0.3) is 0 Å². The number of aromatic nitrogens is 4. The van der Waals surface area contributed by atoms with Crippen LogP contribution in [0, 0.1) is 17.4 Å². The van der Waals surface area contributed by atoms with Crippen molar-refractivity contribution in [2.24, 2.45) is 0 Å². The predicted octanol–water partition coefficient (Wildman–Crippen LogP) is 3.62. The minimum atomic E-state index is -1.08. The molecule has 5 rings (SSSR count). The van der Waals surface area contributed by atoms with Gasteiger partial charge < -0.3 is 19.2 Å². The fourth-order valence-electron chi connectivity index (χ4n) is 3.66. The molecule has 1 aliphatic rings. The van der Waals surface area contributed by atoms with E-state index in [1.165, 1.54) is 12.8 Å². The summed E-state index contributed by atoms with van der Waals surface area (Å²) in [7, 11) is -1.08. The molecule has 1 aromatic carbocycles. The van der Waals surface area contributed by atoms with Gasteiger partial charge in [-0.05, 0) is 78.6 Å². The number of hydrogen-bond donors (Lipinski definition) is 2. The molecule has 0 saturated heterocycles. The molecule has 3 aromatic heterocycles. The highest BCUT2D eigenvalue weighted by Gasteiger charge is 2.28. The standard InChI is InChI=1S/C21H20BIN4O3/c1-11-5-6-24-9-15(11)22(28)29-10-18-19(12(2)30-27-18)14-7-16(23)20-17(8-14)25-21(26-20)13-3-4-13/h5-9,13,28H,3-4,10H2,1-2H3,(H,25,26). The molecular weight excluding hydrogens is 494 g/mol. The molecule has 9 heteroatoms. The fraction of sp³-hybridized carbons (Fsp3) is 0.286. The van der Waals surface area contributed by atoms with E-state index in [1.54, 1.807) is 12.4 Å². The molecule has 1 fully saturated rings. The van der Waals surface area contributed by atoms with E-state index in [0.717, 1.165) is 37.1 Å². The minimum absolute atomic E-state index is 0.118. The zero-order valence-corrected chi connectivity index (χ0v) is 18.8. The number of hydrogen-bond acceptors (Lipinski definition) is 6. The summed E-state index contributed by atoms with van der Waals surface area (Å²) >= 11 is 2.32. The molecular formula is C21H20BIN4O3. The Balaban J connectivity index is 1.44. The average Bonchev–Trinajstić information content (AvgIpc) is 3.38. The normalized spacial score (nSPS) is 13.9. The number of aryl methyl sites for hydroxylation is 2. The van der Waals surface area contributed by atoms with Crippen molar-refractivity contribution in [1.82, 2.24) is 20.1 Å². The van der Waals surface area contributed by atoms with Crippen LogP contribution in [0.5, 0.6) is 0 Å². The van der Waals surface area contributed by atoms with Crippen LogP contribution in [0.4, 0.5) is 0 Å². The molecule has 3 heterocycles. The Hall–Kier alpha value is -2.24. The first-order valence-electron chi connectivity index (χ1n) is 9.86. The van der Waals surface area contributed by atoms with Crippen LogP contribution < -0.4 is 5.46 Å². The van der Waals surface area contributed by atoms with Crippen LogP contribution in [0.25, 0.3) is 22.2 Å². The molecule has 1 saturated carbocycles. The number of pyridine rings is 1. The Kier molecular flexibility index (Phi) is 5.12. The van der Waals surface area contributed by atoms with E-state index >= 15 is 0 Å². The van der Waals surface area contributed by atoms with Gasteiger partial charge in [0.1, 0.15) is 22.8 Å². The number of nitrogens with zero attached hydrogens (tertiary/aromatic N) is 3. The molecule has 0 unspecified atom stereocenters. The fourth-order valence-corrected chi connectivity index (χ4v) is 4.40. The van der Waals surface area contributed by atoms with E-state index in [9.17, 15) is 5.02 Å². The largest absolute Gasteiger partial charge is 0.493 e. The van der Waals surface area contributed by atoms with Gasteiger partial charge in [0.2, 0.25) is 0 Å². The molecule has 7 nitrogen and oxygen atoms in total. The van der Waals surface area contributed by atoms with Crippen LogP contribution >= 0.6 is 22.6 Å². The highest BCUT2D eigenvalue weighted by atomic mass is 127. The number of imidazole rings is 1. The lowest BCUT2D eigenvalue weighted by Crippen LogP contribution is -2.35. The number of aromatic amines is 1. The Bertz CT molecular complexity index is 1230. The zero-order valence-electron chi connectivity index (χ0n) is 16.6. The molecule has 0 spiro atoms. The summed E-state index contributed by atoms with van der Waals surface area (Å²) < 4.78 is 12.2. The van der Waals surface area contributed by atoms with Crippen LogP contribution in [0.2, 0.25) is 0 Å². The minimum Gasteiger partial charge on any atom is -0.423 e. The summed E-state index contributed by atoms with van der Waals surface area (Å²) in [6, 6.07) is 6.01. The van der Waals surface area contributed by atoms with Gasteiger partial charge in [-0.25, -0.2) is 4.98 Å². The molecule has 152 valence electrons. The van der Waals surface area contributed by atoms with Crippen molar-refractivity contribution < 1.29 is 14.2 Å². The van der Waals surface area contributed by atoms with Gasteiger partial charge in [0, 0.05) is 32.9 Å². The first-order valence-corrected chi connectivity index (χ1v) is 10.9. The second-order valence-corrected chi connectivity index (χ2v) is 8.87. The van der Waals surface area contributed by atoms with Gasteiger partial charge in [-0.3, -0.25) is 4.98 Å². The molecule has 0 aliphatic heterocycles. The van der Waals surface area contributed by atoms with Crippen molar-refractivity contribution in [2.45, 2.75) is 39.2 Å². The van der Waals surface area contributed by atoms with E-state index in [4.69, 9.17) is 14.2 Å². The van der Waals surface area contributed by atoms with E-state index in [2.05, 4.69) is 49.8 Å². The lowest BCUT2D eigenvalue weighted by atomic mass is 9.78. The van der Waals surface area contributed by atoms with E-state index < -0.39 is 7.12 Å². The quantitative estimate of drug-likeness (QED) is 0.302. The molecule has 1 aliphatic carbocycles. The van der Waals surface area contributed by atoms with Crippen LogP contribution in [0.15, 0.2) is 35.1 Å². The second kappa shape index (κ2) is 7.79. The number of H-pyrrole nitrogens is 1. The maximum absolute atomic E-state index is 10.4. The van der Waals surface area contributed by atoms with Gasteiger partial charge in [0.15, 0.2) is 0 Å². The molecule has 0 radical (unpaired) electrons. The van der Waals surface area contributed by atoms with Crippen LogP contribution in [0.3, 0.4) is 0 Å². The van der Waals surface area contributed by atoms with Crippen LogP contribution in [-0.2, 0) is 11.3 Å². The molecule has 2 N–H and O–H groups in total. The third-order valence-corrected chi connectivity index (χ3v) is 6.29. The number of nitrogens with one attached hydrogen (secondary N) is 1. The van der Waals surface area contributed by atoms with Gasteiger partial charge in [-0.2, -0.15) is 0 Å². The second-order valence-electron chi connectivity index (χ2n) is 7.71. The first kappa shape index (κ1) is 19.7. The summed E-state index contributed by atoms with van der Waals surface area (Å²) in [5.41, 5.74) is 6.08. The van der Waals surface area contributed by atoms with Crippen LogP contribution in [0.1, 0.15) is 41.6 Å². The first-order chi connectivity index (χ1) is 14.5. The molecule has 0 bridgehead atoms. The maximum atomic E-state index is 10.4. The van der Waals surface area contributed by atoms with E-state index in [-0.39, 0.29) is 6.61 Å². The van der Waals surface area contributed by atoms with Crippen molar-refractivity contribution in [1.29, 1.82) is 0 Å². The van der Waals surface area contributed by atoms with Gasteiger partial charge in [-0.1, -0.05) is 5.16 Å². The van der Waals surface area contributed by atoms with Gasteiger partial charge >= 0.3 is 7.12 Å². The number of halogens is 1. The van der Waals surface area contributed by atoms with Gasteiger partial charge in [-0.15, -0.1) is 0 Å². The average molecular weight is 514 g/mol. The molecule has 30 heavy (non-hydrogen) atoms. The summed E-state index contributed by atoms with van der Waals surface area (Å²) in [5.74, 6) is 2.34. The summed E-state index contributed by atoms with van der Waals surface area (Å²) in [6.45, 7) is 3.91. The highest BCUT2D eigenvalue weighted by molar-refractivity contribution is 14.1. The van der Waals surface area contributed by atoms with E-state index in [0.29, 0.717) is 22.8 Å². The third-order valence-electron chi connectivity index (χ3n) is 5.47. The lowest BCUT2D eigenvalue weighted by Gasteiger charge is -2.10. The van der Waals surface area contributed by atoms with Crippen molar-refractivity contribution >= 4 is 46.2 Å². The molecule has 4 aromatic rings. The Labute approximate surface area is 187 Å².